The van der Waals surface area contributed by atoms with Crippen LogP contribution in [0.5, 0.6) is 0 Å². The van der Waals surface area contributed by atoms with E-state index in [-0.39, 0.29) is 5.92 Å². The molecule has 1 N–H and O–H groups in total. The largest absolute Gasteiger partial charge is 0.481 e. The SMILES string of the molecule is O=C(O)C1C2CN(c3ccccc3Br)CC21. The van der Waals surface area contributed by atoms with Gasteiger partial charge in [-0.25, -0.2) is 0 Å². The Labute approximate surface area is 102 Å². The third-order valence-corrected chi connectivity index (χ3v) is 4.34. The highest BCUT2D eigenvalue weighted by molar-refractivity contribution is 9.10. The lowest BCUT2D eigenvalue weighted by Gasteiger charge is -2.22. The minimum atomic E-state index is -0.623. The van der Waals surface area contributed by atoms with Crippen LogP contribution in [0.25, 0.3) is 0 Å². The number of anilines is 1. The average Bonchev–Trinajstić information content (AvgIpc) is 2.76. The molecule has 0 spiro atoms. The minimum Gasteiger partial charge on any atom is -0.481 e. The highest BCUT2D eigenvalue weighted by Gasteiger charge is 2.59. The number of fused-ring (bicyclic) bond motifs is 1. The molecule has 1 aliphatic carbocycles. The monoisotopic (exact) mass is 281 g/mol. The lowest BCUT2D eigenvalue weighted by Crippen LogP contribution is -2.26. The molecule has 0 aromatic heterocycles. The number of hydrogen-bond donors (Lipinski definition) is 1. The Kier molecular flexibility index (Phi) is 2.21. The molecule has 1 aromatic rings. The van der Waals surface area contributed by atoms with Gasteiger partial charge in [-0.2, -0.15) is 0 Å². The van der Waals surface area contributed by atoms with Crippen LogP contribution in [-0.4, -0.2) is 24.2 Å². The van der Waals surface area contributed by atoms with E-state index in [0.29, 0.717) is 11.8 Å². The molecular weight excluding hydrogens is 270 g/mol. The van der Waals surface area contributed by atoms with Gasteiger partial charge in [-0.05, 0) is 39.9 Å². The van der Waals surface area contributed by atoms with Crippen molar-refractivity contribution in [2.45, 2.75) is 0 Å². The summed E-state index contributed by atoms with van der Waals surface area (Å²) in [6.07, 6.45) is 0. The van der Waals surface area contributed by atoms with Crippen molar-refractivity contribution in [2.24, 2.45) is 17.8 Å². The number of rotatable bonds is 2. The average molecular weight is 282 g/mol. The number of nitrogens with zero attached hydrogens (tertiary/aromatic N) is 1. The van der Waals surface area contributed by atoms with Crippen LogP contribution in [-0.2, 0) is 4.79 Å². The fourth-order valence-electron chi connectivity index (χ4n) is 2.80. The molecule has 1 aliphatic heterocycles. The maximum atomic E-state index is 10.9. The van der Waals surface area contributed by atoms with E-state index in [4.69, 9.17) is 5.11 Å². The summed E-state index contributed by atoms with van der Waals surface area (Å²) in [5, 5.41) is 8.94. The molecule has 2 unspecified atom stereocenters. The van der Waals surface area contributed by atoms with Gasteiger partial charge in [0.15, 0.2) is 0 Å². The number of carboxylic acids is 1. The first-order valence-electron chi connectivity index (χ1n) is 5.41. The van der Waals surface area contributed by atoms with Crippen molar-refractivity contribution in [3.63, 3.8) is 0 Å². The van der Waals surface area contributed by atoms with E-state index in [1.807, 2.05) is 18.2 Å². The van der Waals surface area contributed by atoms with Gasteiger partial charge in [0, 0.05) is 17.6 Å². The summed E-state index contributed by atoms with van der Waals surface area (Å²) in [6.45, 7) is 1.76. The summed E-state index contributed by atoms with van der Waals surface area (Å²) in [6, 6.07) is 8.10. The molecule has 2 atom stereocenters. The lowest BCUT2D eigenvalue weighted by molar-refractivity contribution is -0.139. The van der Waals surface area contributed by atoms with E-state index in [2.05, 4.69) is 26.9 Å². The molecule has 2 fully saturated rings. The number of para-hydroxylation sites is 1. The number of hydrogen-bond acceptors (Lipinski definition) is 2. The smallest absolute Gasteiger partial charge is 0.307 e. The summed E-state index contributed by atoms with van der Waals surface area (Å²) in [4.78, 5) is 13.1. The standard InChI is InChI=1S/C12H12BrNO2/c13-9-3-1-2-4-10(9)14-5-7-8(6-14)11(7)12(15)16/h1-4,7-8,11H,5-6H2,(H,15,16). The molecule has 1 saturated heterocycles. The first-order chi connectivity index (χ1) is 7.68. The Morgan fingerprint density at radius 2 is 1.94 bits per heavy atom. The van der Waals surface area contributed by atoms with Crippen LogP contribution in [0.2, 0.25) is 0 Å². The first-order valence-corrected chi connectivity index (χ1v) is 6.20. The second-order valence-electron chi connectivity index (χ2n) is 4.55. The van der Waals surface area contributed by atoms with E-state index in [1.54, 1.807) is 0 Å². The zero-order valence-electron chi connectivity index (χ0n) is 8.64. The quantitative estimate of drug-likeness (QED) is 0.904. The van der Waals surface area contributed by atoms with Gasteiger partial charge in [-0.3, -0.25) is 4.79 Å². The highest BCUT2D eigenvalue weighted by Crippen LogP contribution is 2.53. The lowest BCUT2D eigenvalue weighted by atomic mass is 10.2. The summed E-state index contributed by atoms with van der Waals surface area (Å²) in [7, 11) is 0. The van der Waals surface area contributed by atoms with Crippen molar-refractivity contribution in [3.8, 4) is 0 Å². The number of benzene rings is 1. The molecule has 0 amide bonds. The van der Waals surface area contributed by atoms with E-state index in [1.165, 1.54) is 5.69 Å². The number of piperidine rings is 1. The summed E-state index contributed by atoms with van der Waals surface area (Å²) in [5.41, 5.74) is 1.18. The fourth-order valence-corrected chi connectivity index (χ4v) is 3.33. The van der Waals surface area contributed by atoms with Crippen LogP contribution in [0.4, 0.5) is 5.69 Å². The highest BCUT2D eigenvalue weighted by atomic mass is 79.9. The molecule has 0 radical (unpaired) electrons. The zero-order chi connectivity index (χ0) is 11.3. The van der Waals surface area contributed by atoms with Gasteiger partial charge in [-0.15, -0.1) is 0 Å². The molecule has 1 heterocycles. The maximum absolute atomic E-state index is 10.9. The van der Waals surface area contributed by atoms with Crippen LogP contribution < -0.4 is 4.90 Å². The van der Waals surface area contributed by atoms with Crippen molar-refractivity contribution in [1.29, 1.82) is 0 Å². The molecule has 3 nitrogen and oxygen atoms in total. The molecule has 1 aromatic carbocycles. The van der Waals surface area contributed by atoms with Crippen LogP contribution >= 0.6 is 15.9 Å². The van der Waals surface area contributed by atoms with Crippen molar-refractivity contribution >= 4 is 27.6 Å². The molecule has 84 valence electrons. The van der Waals surface area contributed by atoms with Crippen LogP contribution in [0.1, 0.15) is 0 Å². The number of carboxylic acid groups (broad SMARTS) is 1. The van der Waals surface area contributed by atoms with Crippen molar-refractivity contribution in [3.05, 3.63) is 28.7 Å². The number of halogens is 1. The van der Waals surface area contributed by atoms with Gasteiger partial charge in [0.05, 0.1) is 11.6 Å². The van der Waals surface area contributed by atoms with Gasteiger partial charge in [0.1, 0.15) is 0 Å². The Morgan fingerprint density at radius 1 is 1.31 bits per heavy atom. The first kappa shape index (κ1) is 10.1. The molecule has 3 rings (SSSR count). The Balaban J connectivity index is 1.74. The molecule has 4 heteroatoms. The Morgan fingerprint density at radius 3 is 2.50 bits per heavy atom. The third kappa shape index (κ3) is 1.44. The predicted molar refractivity (Wildman–Crippen MR) is 64.5 cm³/mol. The fraction of sp³-hybridized carbons (Fsp3) is 0.417. The van der Waals surface area contributed by atoms with Gasteiger partial charge >= 0.3 is 5.97 Å². The minimum absolute atomic E-state index is 0.0845. The maximum Gasteiger partial charge on any atom is 0.307 e. The van der Waals surface area contributed by atoms with Crippen molar-refractivity contribution in [2.75, 3.05) is 18.0 Å². The molecule has 1 saturated carbocycles. The Bertz CT molecular complexity index is 436. The van der Waals surface area contributed by atoms with Crippen LogP contribution in [0, 0.1) is 17.8 Å². The van der Waals surface area contributed by atoms with E-state index >= 15 is 0 Å². The molecule has 0 bridgehead atoms. The topological polar surface area (TPSA) is 40.5 Å². The molecule has 16 heavy (non-hydrogen) atoms. The summed E-state index contributed by atoms with van der Waals surface area (Å²) < 4.78 is 1.09. The van der Waals surface area contributed by atoms with Gasteiger partial charge in [0.2, 0.25) is 0 Å². The second kappa shape index (κ2) is 3.48. The zero-order valence-corrected chi connectivity index (χ0v) is 10.2. The van der Waals surface area contributed by atoms with Gasteiger partial charge in [-0.1, -0.05) is 12.1 Å². The van der Waals surface area contributed by atoms with Crippen molar-refractivity contribution < 1.29 is 9.90 Å². The number of carbonyl (C=O) groups is 1. The summed E-state index contributed by atoms with van der Waals surface area (Å²) in [5.74, 6) is 0.0229. The van der Waals surface area contributed by atoms with Gasteiger partial charge < -0.3 is 10.0 Å². The third-order valence-electron chi connectivity index (χ3n) is 3.67. The Hall–Kier alpha value is -1.03. The van der Waals surface area contributed by atoms with E-state index in [0.717, 1.165) is 17.6 Å². The predicted octanol–water partition coefficient (Wildman–Crippen LogP) is 2.22. The van der Waals surface area contributed by atoms with Gasteiger partial charge in [0.25, 0.3) is 0 Å². The van der Waals surface area contributed by atoms with Crippen LogP contribution in [0.3, 0.4) is 0 Å². The normalized spacial score (nSPS) is 31.3. The van der Waals surface area contributed by atoms with E-state index < -0.39 is 5.97 Å². The van der Waals surface area contributed by atoms with Crippen LogP contribution in [0.15, 0.2) is 28.7 Å². The molecule has 2 aliphatic rings. The number of aliphatic carboxylic acids is 1. The molecular formula is C12H12BrNO2. The van der Waals surface area contributed by atoms with E-state index in [9.17, 15) is 4.79 Å². The summed E-state index contributed by atoms with van der Waals surface area (Å²) >= 11 is 3.53. The second-order valence-corrected chi connectivity index (χ2v) is 5.40. The van der Waals surface area contributed by atoms with Crippen molar-refractivity contribution in [1.82, 2.24) is 0 Å².